The molecule has 1 aromatic rings. The van der Waals surface area contributed by atoms with E-state index in [1.165, 1.54) is 32.1 Å². The van der Waals surface area contributed by atoms with Gasteiger partial charge in [-0.25, -0.2) is 9.97 Å². The predicted octanol–water partition coefficient (Wildman–Crippen LogP) is 1.19. The van der Waals surface area contributed by atoms with E-state index in [9.17, 15) is 5.11 Å². The average molecular weight is 250 g/mol. The largest absolute Gasteiger partial charge is 0.395 e. The third-order valence-corrected chi connectivity index (χ3v) is 3.55. The molecule has 18 heavy (non-hydrogen) atoms. The zero-order valence-corrected chi connectivity index (χ0v) is 10.8. The lowest BCUT2D eigenvalue weighted by atomic mass is 9.94. The van der Waals surface area contributed by atoms with Crippen LogP contribution in [0.2, 0.25) is 0 Å². The average Bonchev–Trinajstić information content (AvgIpc) is 2.39. The molecule has 1 saturated carbocycles. The van der Waals surface area contributed by atoms with Crippen molar-refractivity contribution >= 4 is 5.82 Å². The molecule has 1 heterocycles. The van der Waals surface area contributed by atoms with Crippen molar-refractivity contribution in [2.45, 2.75) is 44.7 Å². The molecule has 5 nitrogen and oxygen atoms in total. The summed E-state index contributed by atoms with van der Waals surface area (Å²) in [5, 5.41) is 9.19. The van der Waals surface area contributed by atoms with E-state index >= 15 is 0 Å². The van der Waals surface area contributed by atoms with Crippen LogP contribution in [0.3, 0.4) is 0 Å². The zero-order valence-electron chi connectivity index (χ0n) is 10.8. The molecule has 0 aliphatic heterocycles. The first-order valence-electron chi connectivity index (χ1n) is 6.72. The second-order valence-corrected chi connectivity index (χ2v) is 4.88. The molecule has 0 spiro atoms. The van der Waals surface area contributed by atoms with Gasteiger partial charge in [0, 0.05) is 18.8 Å². The molecule has 100 valence electrons. The third-order valence-electron chi connectivity index (χ3n) is 3.55. The first-order valence-corrected chi connectivity index (χ1v) is 6.72. The lowest BCUT2D eigenvalue weighted by Gasteiger charge is -2.33. The number of aliphatic hydroxyl groups is 1. The molecule has 0 unspecified atom stereocenters. The van der Waals surface area contributed by atoms with Gasteiger partial charge in [0.05, 0.1) is 13.2 Å². The summed E-state index contributed by atoms with van der Waals surface area (Å²) in [6.45, 7) is 1.54. The number of aliphatic hydroxyl groups excluding tert-OH is 1. The highest BCUT2D eigenvalue weighted by Crippen LogP contribution is 2.23. The maximum atomic E-state index is 9.19. The fourth-order valence-electron chi connectivity index (χ4n) is 2.64. The lowest BCUT2D eigenvalue weighted by Crippen LogP contribution is -2.38. The molecule has 2 rings (SSSR count). The molecular formula is C13H22N4O. The van der Waals surface area contributed by atoms with E-state index in [4.69, 9.17) is 5.73 Å². The predicted molar refractivity (Wildman–Crippen MR) is 70.8 cm³/mol. The van der Waals surface area contributed by atoms with E-state index in [-0.39, 0.29) is 6.61 Å². The second-order valence-electron chi connectivity index (χ2n) is 4.88. The molecular weight excluding hydrogens is 228 g/mol. The van der Waals surface area contributed by atoms with E-state index < -0.39 is 0 Å². The highest BCUT2D eigenvalue weighted by molar-refractivity contribution is 5.24. The molecule has 0 amide bonds. The Kier molecular flexibility index (Phi) is 4.90. The van der Waals surface area contributed by atoms with E-state index in [2.05, 4.69) is 14.9 Å². The summed E-state index contributed by atoms with van der Waals surface area (Å²) in [6, 6.07) is 2.25. The maximum Gasteiger partial charge on any atom is 0.144 e. The van der Waals surface area contributed by atoms with E-state index in [1.54, 1.807) is 12.3 Å². The topological polar surface area (TPSA) is 75.3 Å². The fraction of sp³-hybridized carbons (Fsp3) is 0.692. The van der Waals surface area contributed by atoms with Gasteiger partial charge in [0.2, 0.25) is 0 Å². The molecule has 0 bridgehead atoms. The number of aromatic nitrogens is 2. The van der Waals surface area contributed by atoms with Crippen molar-refractivity contribution in [3.05, 3.63) is 18.1 Å². The Morgan fingerprint density at radius 3 is 2.78 bits per heavy atom. The molecule has 0 atom stereocenters. The van der Waals surface area contributed by atoms with Crippen molar-refractivity contribution in [2.24, 2.45) is 0 Å². The molecule has 1 aliphatic carbocycles. The van der Waals surface area contributed by atoms with Crippen LogP contribution in [0.25, 0.3) is 0 Å². The molecule has 0 saturated heterocycles. The Labute approximate surface area is 108 Å². The van der Waals surface area contributed by atoms with Crippen LogP contribution in [0.5, 0.6) is 0 Å². The fourth-order valence-corrected chi connectivity index (χ4v) is 2.64. The Bertz CT molecular complexity index is 366. The quantitative estimate of drug-likeness (QED) is 0.821. The van der Waals surface area contributed by atoms with Crippen LogP contribution in [-0.2, 0) is 6.54 Å². The van der Waals surface area contributed by atoms with Crippen LogP contribution >= 0.6 is 0 Å². The third kappa shape index (κ3) is 3.65. The van der Waals surface area contributed by atoms with Gasteiger partial charge >= 0.3 is 0 Å². The minimum absolute atomic E-state index is 0.179. The van der Waals surface area contributed by atoms with Crippen molar-refractivity contribution in [1.29, 1.82) is 0 Å². The minimum Gasteiger partial charge on any atom is -0.395 e. The first-order chi connectivity index (χ1) is 8.79. The highest BCUT2D eigenvalue weighted by atomic mass is 16.3. The van der Waals surface area contributed by atoms with Gasteiger partial charge in [-0.1, -0.05) is 19.3 Å². The summed E-state index contributed by atoms with van der Waals surface area (Å²) < 4.78 is 0. The zero-order chi connectivity index (χ0) is 12.8. The smallest absolute Gasteiger partial charge is 0.144 e. The van der Waals surface area contributed by atoms with Crippen LogP contribution < -0.4 is 5.73 Å². The van der Waals surface area contributed by atoms with E-state index in [1.807, 2.05) is 0 Å². The van der Waals surface area contributed by atoms with Gasteiger partial charge in [0.1, 0.15) is 11.6 Å². The highest BCUT2D eigenvalue weighted by Gasteiger charge is 2.21. The summed E-state index contributed by atoms with van der Waals surface area (Å²) in [6.07, 6.45) is 8.01. The molecule has 5 heteroatoms. The van der Waals surface area contributed by atoms with Gasteiger partial charge in [0.25, 0.3) is 0 Å². The summed E-state index contributed by atoms with van der Waals surface area (Å²) in [7, 11) is 0. The normalized spacial score (nSPS) is 17.2. The van der Waals surface area contributed by atoms with Gasteiger partial charge in [-0.3, -0.25) is 4.90 Å². The number of nitrogen functional groups attached to an aromatic ring is 1. The van der Waals surface area contributed by atoms with Crippen molar-refractivity contribution in [1.82, 2.24) is 14.9 Å². The summed E-state index contributed by atoms with van der Waals surface area (Å²) in [5.41, 5.74) is 5.67. The summed E-state index contributed by atoms with van der Waals surface area (Å²) in [4.78, 5) is 10.8. The number of rotatable bonds is 5. The number of nitrogens with zero attached hydrogens (tertiary/aromatic N) is 3. The van der Waals surface area contributed by atoms with Crippen LogP contribution in [-0.4, -0.2) is 39.2 Å². The van der Waals surface area contributed by atoms with Gasteiger partial charge in [-0.15, -0.1) is 0 Å². The molecule has 0 radical (unpaired) electrons. The van der Waals surface area contributed by atoms with Crippen molar-refractivity contribution in [3.8, 4) is 0 Å². The molecule has 0 aromatic carbocycles. The SMILES string of the molecule is Nc1ccnc(CN(CCO)C2CCCCC2)n1. The van der Waals surface area contributed by atoms with Crippen LogP contribution in [0.4, 0.5) is 5.82 Å². The van der Waals surface area contributed by atoms with Crippen molar-refractivity contribution in [3.63, 3.8) is 0 Å². The molecule has 1 fully saturated rings. The van der Waals surface area contributed by atoms with Crippen LogP contribution in [0, 0.1) is 0 Å². The Hall–Kier alpha value is -1.20. The number of nitrogens with two attached hydrogens (primary N) is 1. The summed E-state index contributed by atoms with van der Waals surface area (Å²) in [5.74, 6) is 1.25. The molecule has 1 aliphatic rings. The molecule has 1 aromatic heterocycles. The first kappa shape index (κ1) is 13.2. The van der Waals surface area contributed by atoms with Crippen molar-refractivity contribution in [2.75, 3.05) is 18.9 Å². The Morgan fingerprint density at radius 2 is 2.11 bits per heavy atom. The standard InChI is InChI=1S/C13H22N4O/c14-12-6-7-15-13(16-12)10-17(8-9-18)11-4-2-1-3-5-11/h6-7,11,18H,1-5,8-10H2,(H2,14,15,16). The summed E-state index contributed by atoms with van der Waals surface area (Å²) >= 11 is 0. The maximum absolute atomic E-state index is 9.19. The van der Waals surface area contributed by atoms with Crippen LogP contribution in [0.15, 0.2) is 12.3 Å². The number of hydrogen-bond acceptors (Lipinski definition) is 5. The van der Waals surface area contributed by atoms with Crippen molar-refractivity contribution < 1.29 is 5.11 Å². The van der Waals surface area contributed by atoms with Gasteiger partial charge in [-0.05, 0) is 18.9 Å². The van der Waals surface area contributed by atoms with Gasteiger partial charge in [0.15, 0.2) is 0 Å². The number of anilines is 1. The Morgan fingerprint density at radius 1 is 1.33 bits per heavy atom. The van der Waals surface area contributed by atoms with Gasteiger partial charge < -0.3 is 10.8 Å². The van der Waals surface area contributed by atoms with E-state index in [0.29, 0.717) is 24.9 Å². The number of hydrogen-bond donors (Lipinski definition) is 2. The minimum atomic E-state index is 0.179. The van der Waals surface area contributed by atoms with Gasteiger partial charge in [-0.2, -0.15) is 0 Å². The molecule has 3 N–H and O–H groups in total. The second kappa shape index (κ2) is 6.66. The van der Waals surface area contributed by atoms with E-state index in [0.717, 1.165) is 5.82 Å². The van der Waals surface area contributed by atoms with Crippen LogP contribution in [0.1, 0.15) is 37.9 Å². The lowest BCUT2D eigenvalue weighted by molar-refractivity contribution is 0.114. The monoisotopic (exact) mass is 250 g/mol. The Balaban J connectivity index is 2.00.